The van der Waals surface area contributed by atoms with Gasteiger partial charge >= 0.3 is 18.0 Å². The molecular weight excluding hydrogens is 901 g/mol. The first-order valence-electron chi connectivity index (χ1n) is 10.9. The van der Waals surface area contributed by atoms with Crippen molar-refractivity contribution in [2.24, 2.45) is 0 Å². The van der Waals surface area contributed by atoms with Crippen LogP contribution in [-0.4, -0.2) is 15.0 Å². The smallest absolute Gasteiger partial charge is 0.331 e. The van der Waals surface area contributed by atoms with E-state index in [4.69, 9.17) is 49.0 Å². The summed E-state index contributed by atoms with van der Waals surface area (Å²) >= 11 is 24.7. The fourth-order valence-corrected chi connectivity index (χ4v) is 6.98. The summed E-state index contributed by atoms with van der Waals surface area (Å²) in [5, 5.41) is 1.74. The Bertz CT molecular complexity index is 1330. The van der Waals surface area contributed by atoms with Crippen molar-refractivity contribution < 1.29 is 14.2 Å². The van der Waals surface area contributed by atoms with Crippen molar-refractivity contribution in [3.05, 3.63) is 117 Å². The Morgan fingerprint density at radius 2 is 0.641 bits per heavy atom. The number of rotatable bonds is 6. The number of halogens is 6. The molecule has 4 aromatic carbocycles. The van der Waals surface area contributed by atoms with Crippen molar-refractivity contribution >= 4 is 103 Å². The molecule has 0 bridgehead atoms. The largest absolute Gasteiger partial charge is 0.424 e. The van der Waals surface area contributed by atoms with Gasteiger partial charge in [0.15, 0.2) is 0 Å². The minimum atomic E-state index is -0.0137. The third-order valence-corrected chi connectivity index (χ3v) is 7.09. The summed E-state index contributed by atoms with van der Waals surface area (Å²) < 4.78 is 21.0. The summed E-state index contributed by atoms with van der Waals surface area (Å²) in [7, 11) is 0. The van der Waals surface area contributed by atoms with Crippen LogP contribution in [0.5, 0.6) is 35.3 Å². The number of aromatic nitrogens is 3. The maximum Gasteiger partial charge on any atom is 0.331 e. The van der Waals surface area contributed by atoms with Crippen molar-refractivity contribution in [3.63, 3.8) is 0 Å². The second-order valence-corrected chi connectivity index (χ2v) is 12.5. The lowest BCUT2D eigenvalue weighted by Gasteiger charge is -2.10. The average Bonchev–Trinajstić information content (AvgIpc) is 2.88. The molecular formula is C27H15Cl3I3N3O3. The molecule has 0 radical (unpaired) electrons. The van der Waals surface area contributed by atoms with E-state index < -0.39 is 0 Å². The molecule has 198 valence electrons. The Balaban J connectivity index is 0.000000333. The standard InChI is InChI=1S/C21H12Cl3N3O3.C6H3I3/c22-13-1-7-16(8-2-13)28-19-25-20(29-17-9-3-14(23)4-10-17)27-21(26-19)30-18-11-5-15(24)6-12-18;7-4-1-5(8)3-6(9)2-4/h1-12H;1-3H. The van der Waals surface area contributed by atoms with Crippen molar-refractivity contribution in [1.29, 1.82) is 0 Å². The molecule has 0 saturated carbocycles. The molecule has 1 aromatic heterocycles. The Labute approximate surface area is 280 Å². The Morgan fingerprint density at radius 1 is 0.410 bits per heavy atom. The molecule has 0 atom stereocenters. The minimum absolute atomic E-state index is 0.0137. The molecule has 6 nitrogen and oxygen atoms in total. The van der Waals surface area contributed by atoms with Gasteiger partial charge in [0.25, 0.3) is 0 Å². The quantitative estimate of drug-likeness (QED) is 0.158. The van der Waals surface area contributed by atoms with Gasteiger partial charge in [0.2, 0.25) is 0 Å². The van der Waals surface area contributed by atoms with Crippen LogP contribution < -0.4 is 14.2 Å². The van der Waals surface area contributed by atoms with Crippen LogP contribution in [0.3, 0.4) is 0 Å². The van der Waals surface area contributed by atoms with E-state index in [2.05, 4.69) is 101 Å². The van der Waals surface area contributed by atoms with Gasteiger partial charge in [-0.15, -0.1) is 15.0 Å². The van der Waals surface area contributed by atoms with E-state index >= 15 is 0 Å². The first-order chi connectivity index (χ1) is 18.7. The fraction of sp³-hybridized carbons (Fsp3) is 0. The highest BCUT2D eigenvalue weighted by molar-refractivity contribution is 14.1. The molecule has 0 aliphatic heterocycles. The predicted octanol–water partition coefficient (Wildman–Crippen LogP) is 10.7. The third-order valence-electron chi connectivity index (χ3n) is 4.47. The number of hydrogen-bond donors (Lipinski definition) is 0. The molecule has 5 rings (SSSR count). The molecule has 0 amide bonds. The van der Waals surface area contributed by atoms with Crippen LogP contribution in [0.4, 0.5) is 0 Å². The Kier molecular flexibility index (Phi) is 11.5. The van der Waals surface area contributed by atoms with Crippen molar-refractivity contribution in [2.45, 2.75) is 0 Å². The van der Waals surface area contributed by atoms with Gasteiger partial charge < -0.3 is 14.2 Å². The third kappa shape index (κ3) is 10.4. The molecule has 5 aromatic rings. The van der Waals surface area contributed by atoms with Crippen LogP contribution >= 0.6 is 103 Å². The predicted molar refractivity (Wildman–Crippen MR) is 179 cm³/mol. The summed E-state index contributed by atoms with van der Waals surface area (Å²) in [5.74, 6) is 1.46. The molecule has 0 aliphatic carbocycles. The van der Waals surface area contributed by atoms with Gasteiger partial charge in [-0.1, -0.05) is 34.8 Å². The van der Waals surface area contributed by atoms with Gasteiger partial charge in [0.05, 0.1) is 0 Å². The monoisotopic (exact) mass is 915 g/mol. The summed E-state index contributed by atoms with van der Waals surface area (Å²) in [6.07, 6.45) is 0. The Morgan fingerprint density at radius 3 is 0.872 bits per heavy atom. The summed E-state index contributed by atoms with van der Waals surface area (Å²) in [6.45, 7) is 0. The molecule has 0 aliphatic rings. The van der Waals surface area contributed by atoms with Gasteiger partial charge in [-0.25, -0.2) is 0 Å². The number of ether oxygens (including phenoxy) is 3. The van der Waals surface area contributed by atoms with Gasteiger partial charge in [0.1, 0.15) is 17.2 Å². The lowest BCUT2D eigenvalue weighted by Crippen LogP contribution is -2.01. The second-order valence-electron chi connectivity index (χ2n) is 7.44. The van der Waals surface area contributed by atoms with Crippen LogP contribution in [0.25, 0.3) is 0 Å². The summed E-state index contributed by atoms with van der Waals surface area (Å²) in [5.41, 5.74) is 0. The molecule has 0 unspecified atom stereocenters. The maximum atomic E-state index is 5.91. The molecule has 12 heteroatoms. The normalized spacial score (nSPS) is 10.3. The van der Waals surface area contributed by atoms with E-state index in [1.54, 1.807) is 72.8 Å². The summed E-state index contributed by atoms with van der Waals surface area (Å²) in [4.78, 5) is 12.6. The van der Waals surface area contributed by atoms with Gasteiger partial charge in [0, 0.05) is 25.8 Å². The van der Waals surface area contributed by atoms with E-state index in [-0.39, 0.29) is 18.0 Å². The fourth-order valence-electron chi connectivity index (χ4n) is 2.80. The lowest BCUT2D eigenvalue weighted by atomic mass is 10.3. The van der Waals surface area contributed by atoms with E-state index in [1.165, 1.54) is 10.7 Å². The second kappa shape index (κ2) is 14.8. The lowest BCUT2D eigenvalue weighted by molar-refractivity contribution is 0.362. The van der Waals surface area contributed by atoms with Crippen LogP contribution in [0.15, 0.2) is 91.0 Å². The first kappa shape index (κ1) is 30.3. The van der Waals surface area contributed by atoms with E-state index in [0.29, 0.717) is 32.3 Å². The van der Waals surface area contributed by atoms with E-state index in [1.807, 2.05) is 0 Å². The molecule has 0 N–H and O–H groups in total. The molecule has 39 heavy (non-hydrogen) atoms. The van der Waals surface area contributed by atoms with Crippen LogP contribution in [0.1, 0.15) is 0 Å². The van der Waals surface area contributed by atoms with Crippen molar-refractivity contribution in [2.75, 3.05) is 0 Å². The van der Waals surface area contributed by atoms with Crippen molar-refractivity contribution in [3.8, 4) is 35.3 Å². The molecule has 0 saturated heterocycles. The number of hydrogen-bond acceptors (Lipinski definition) is 6. The Hall–Kier alpha value is -1.65. The summed E-state index contributed by atoms with van der Waals surface area (Å²) in [6, 6.07) is 26.7. The zero-order chi connectivity index (χ0) is 27.8. The number of nitrogens with zero attached hydrogens (tertiary/aromatic N) is 3. The SMILES string of the molecule is Clc1ccc(Oc2nc(Oc3ccc(Cl)cc3)nc(Oc3ccc(Cl)cc3)n2)cc1.Ic1cc(I)cc(I)c1. The minimum Gasteiger partial charge on any atom is -0.424 e. The van der Waals surface area contributed by atoms with E-state index in [9.17, 15) is 0 Å². The number of benzene rings is 4. The van der Waals surface area contributed by atoms with E-state index in [0.717, 1.165) is 0 Å². The van der Waals surface area contributed by atoms with Gasteiger partial charge in [-0.05, 0) is 159 Å². The van der Waals surface area contributed by atoms with Gasteiger partial charge in [-0.3, -0.25) is 0 Å². The van der Waals surface area contributed by atoms with Crippen LogP contribution in [0, 0.1) is 10.7 Å². The topological polar surface area (TPSA) is 66.4 Å². The molecule has 0 spiro atoms. The maximum absolute atomic E-state index is 5.91. The molecule has 0 fully saturated rings. The highest BCUT2D eigenvalue weighted by Gasteiger charge is 2.13. The van der Waals surface area contributed by atoms with Gasteiger partial charge in [-0.2, -0.15) is 0 Å². The van der Waals surface area contributed by atoms with Crippen LogP contribution in [-0.2, 0) is 0 Å². The zero-order valence-corrected chi connectivity index (χ0v) is 28.2. The first-order valence-corrected chi connectivity index (χ1v) is 15.3. The van der Waals surface area contributed by atoms with Crippen LogP contribution in [0.2, 0.25) is 15.1 Å². The highest BCUT2D eigenvalue weighted by Crippen LogP contribution is 2.28. The highest BCUT2D eigenvalue weighted by atomic mass is 127. The zero-order valence-electron chi connectivity index (χ0n) is 19.5. The molecule has 1 heterocycles. The average molecular weight is 917 g/mol. The van der Waals surface area contributed by atoms with Crippen molar-refractivity contribution in [1.82, 2.24) is 15.0 Å².